The van der Waals surface area contributed by atoms with Gasteiger partial charge in [-0.2, -0.15) is 0 Å². The second-order valence-electron chi connectivity index (χ2n) is 3.11. The van der Waals surface area contributed by atoms with Gasteiger partial charge in [-0.15, -0.1) is 51.0 Å². The summed E-state index contributed by atoms with van der Waals surface area (Å²) in [5.74, 6) is 0.744. The molecule has 0 fully saturated rings. The topological polar surface area (TPSA) is 168 Å². The van der Waals surface area contributed by atoms with E-state index < -0.39 is 0 Å². The summed E-state index contributed by atoms with van der Waals surface area (Å²) in [4.78, 5) is 0. The zero-order chi connectivity index (χ0) is 13.1. The molecule has 0 unspecified atom stereocenters. The zero-order valence-corrected chi connectivity index (χ0v) is 9.31. The Hall–Kier alpha value is -3.25. The quantitative estimate of drug-likeness (QED) is 0.471. The number of rotatable bonds is 2. The average Bonchev–Trinajstić information content (AvgIpc) is 2.49. The van der Waals surface area contributed by atoms with Gasteiger partial charge in [0.2, 0.25) is 23.3 Å². The van der Waals surface area contributed by atoms with Crippen LogP contribution in [0.4, 0.5) is 0 Å². The normalized spacial score (nSPS) is 10.4. The summed E-state index contributed by atoms with van der Waals surface area (Å²) in [6.45, 7) is 1.66. The van der Waals surface area contributed by atoms with Gasteiger partial charge in [-0.25, -0.2) is 0 Å². The van der Waals surface area contributed by atoms with Crippen LogP contribution in [0.15, 0.2) is 0 Å². The van der Waals surface area contributed by atoms with E-state index in [0.717, 1.165) is 0 Å². The highest BCUT2D eigenvalue weighted by atomic mass is 15.5. The summed E-state index contributed by atoms with van der Waals surface area (Å²) in [5.41, 5.74) is 0. The highest BCUT2D eigenvalue weighted by Gasteiger charge is 2.12. The minimum Gasteiger partial charge on any atom is -0.131 e. The summed E-state index contributed by atoms with van der Waals surface area (Å²) in [5, 5.41) is 46.9. The molecule has 0 saturated carbocycles. The van der Waals surface area contributed by atoms with Crippen LogP contribution in [0, 0.1) is 6.92 Å². The van der Waals surface area contributed by atoms with Gasteiger partial charge < -0.3 is 0 Å². The summed E-state index contributed by atoms with van der Waals surface area (Å²) in [6, 6.07) is 0. The Kier molecular flexibility index (Phi) is 2.61. The van der Waals surface area contributed by atoms with E-state index in [0.29, 0.717) is 5.82 Å². The molecule has 13 nitrogen and oxygen atoms in total. The number of hydrogen-bond donors (Lipinski definition) is 0. The molecule has 0 aromatic carbocycles. The molecule has 0 spiro atoms. The lowest BCUT2D eigenvalue weighted by Gasteiger charge is -1.96. The summed E-state index contributed by atoms with van der Waals surface area (Å²) in [6.07, 6.45) is 0. The fourth-order valence-corrected chi connectivity index (χ4v) is 1.03. The van der Waals surface area contributed by atoms with Gasteiger partial charge in [-0.3, -0.25) is 0 Å². The highest BCUT2D eigenvalue weighted by Crippen LogP contribution is 2.06. The highest BCUT2D eigenvalue weighted by molar-refractivity contribution is 5.42. The van der Waals surface area contributed by atoms with Crippen LogP contribution in [-0.4, -0.2) is 66.6 Å². The first-order chi connectivity index (χ1) is 9.33. The van der Waals surface area contributed by atoms with Gasteiger partial charge in [0, 0.05) is 0 Å². The van der Waals surface area contributed by atoms with Crippen LogP contribution < -0.4 is 0 Å². The van der Waals surface area contributed by atoms with Gasteiger partial charge in [0.15, 0.2) is 5.82 Å². The first-order valence-corrected chi connectivity index (χ1v) is 4.84. The second kappa shape index (κ2) is 4.55. The number of aromatic nitrogens is 13. The van der Waals surface area contributed by atoms with Gasteiger partial charge in [0.05, 0.1) is 0 Å². The third-order valence-corrected chi connectivity index (χ3v) is 1.82. The predicted octanol–water partition coefficient (Wildman–Crippen LogP) is -2.54. The molecule has 0 bridgehead atoms. The van der Waals surface area contributed by atoms with Gasteiger partial charge >= 0.3 is 0 Å². The SMILES string of the molecule is Cc1nnc(-c2nnc(-c3nnnnn3)nn2)nn1. The van der Waals surface area contributed by atoms with Crippen LogP contribution in [0.5, 0.6) is 0 Å². The first-order valence-electron chi connectivity index (χ1n) is 4.84. The molecule has 3 rings (SSSR count). The van der Waals surface area contributed by atoms with Crippen molar-refractivity contribution >= 4 is 0 Å². The lowest BCUT2D eigenvalue weighted by atomic mass is 10.5. The maximum Gasteiger partial charge on any atom is 0.248 e. The molecule has 0 radical (unpaired) electrons. The maximum absolute atomic E-state index is 3.77. The largest absolute Gasteiger partial charge is 0.248 e. The van der Waals surface area contributed by atoms with Crippen molar-refractivity contribution in [3.8, 4) is 23.3 Å². The lowest BCUT2D eigenvalue weighted by Crippen LogP contribution is -2.07. The smallest absolute Gasteiger partial charge is 0.131 e. The molecule has 0 saturated heterocycles. The minimum absolute atomic E-state index is 0.0548. The molecule has 13 heteroatoms. The molecule has 3 aromatic rings. The minimum atomic E-state index is 0.0548. The van der Waals surface area contributed by atoms with Crippen LogP contribution in [0.3, 0.4) is 0 Å². The van der Waals surface area contributed by atoms with Crippen molar-refractivity contribution in [3.63, 3.8) is 0 Å². The molecule has 0 aliphatic rings. The molecule has 19 heavy (non-hydrogen) atoms. The van der Waals surface area contributed by atoms with Crippen molar-refractivity contribution in [2.75, 3.05) is 0 Å². The average molecular weight is 257 g/mol. The third-order valence-electron chi connectivity index (χ3n) is 1.82. The fourth-order valence-electron chi connectivity index (χ4n) is 1.03. The van der Waals surface area contributed by atoms with Crippen molar-refractivity contribution in [1.29, 1.82) is 0 Å². The van der Waals surface area contributed by atoms with E-state index in [-0.39, 0.29) is 23.3 Å². The van der Waals surface area contributed by atoms with E-state index in [4.69, 9.17) is 0 Å². The molecule has 0 atom stereocenters. The van der Waals surface area contributed by atoms with Gasteiger partial charge in [-0.1, -0.05) is 0 Å². The van der Waals surface area contributed by atoms with E-state index in [2.05, 4.69) is 66.6 Å². The van der Waals surface area contributed by atoms with Crippen LogP contribution in [-0.2, 0) is 0 Å². The molecule has 92 valence electrons. The molecule has 0 N–H and O–H groups in total. The van der Waals surface area contributed by atoms with Crippen molar-refractivity contribution < 1.29 is 0 Å². The van der Waals surface area contributed by atoms with E-state index in [1.54, 1.807) is 6.92 Å². The second-order valence-corrected chi connectivity index (χ2v) is 3.11. The van der Waals surface area contributed by atoms with Crippen molar-refractivity contribution in [2.24, 2.45) is 0 Å². The first kappa shape index (κ1) is 10.9. The maximum atomic E-state index is 3.77. The summed E-state index contributed by atoms with van der Waals surface area (Å²) >= 11 is 0. The van der Waals surface area contributed by atoms with Crippen molar-refractivity contribution in [3.05, 3.63) is 5.82 Å². The number of nitrogens with zero attached hydrogens (tertiary/aromatic N) is 13. The van der Waals surface area contributed by atoms with Crippen LogP contribution in [0.2, 0.25) is 0 Å². The van der Waals surface area contributed by atoms with E-state index >= 15 is 0 Å². The van der Waals surface area contributed by atoms with Gasteiger partial charge in [-0.05, 0) is 22.6 Å². The van der Waals surface area contributed by atoms with E-state index in [1.165, 1.54) is 0 Å². The Bertz CT molecular complexity index is 664. The Morgan fingerprint density at radius 1 is 0.421 bits per heavy atom. The standard InChI is InChI=1S/C6H3N13/c1-2-7-9-3(10-8-2)4-11-13-5(14-12-4)6-15-17-19-18-16-6/h1H3. The molecule has 0 aliphatic heterocycles. The van der Waals surface area contributed by atoms with Crippen LogP contribution in [0.1, 0.15) is 5.82 Å². The molecular weight excluding hydrogens is 254 g/mol. The molecule has 3 heterocycles. The number of aryl methyl sites for hydroxylation is 1. The fraction of sp³-hybridized carbons (Fsp3) is 0.167. The number of hydrogen-bond acceptors (Lipinski definition) is 13. The summed E-state index contributed by atoms with van der Waals surface area (Å²) < 4.78 is 0. The molecule has 0 aliphatic carbocycles. The molecule has 3 aromatic heterocycles. The van der Waals surface area contributed by atoms with Gasteiger partial charge in [0.1, 0.15) is 0 Å². The Labute approximate surface area is 104 Å². The monoisotopic (exact) mass is 257 g/mol. The van der Waals surface area contributed by atoms with Crippen molar-refractivity contribution in [1.82, 2.24) is 66.6 Å². The lowest BCUT2D eigenvalue weighted by molar-refractivity contribution is 0.677. The zero-order valence-electron chi connectivity index (χ0n) is 9.31. The van der Waals surface area contributed by atoms with Gasteiger partial charge in [0.25, 0.3) is 0 Å². The Morgan fingerprint density at radius 3 is 1.26 bits per heavy atom. The molecule has 0 amide bonds. The predicted molar refractivity (Wildman–Crippen MR) is 53.4 cm³/mol. The Morgan fingerprint density at radius 2 is 0.789 bits per heavy atom. The molecular formula is C6H3N13. The van der Waals surface area contributed by atoms with Crippen LogP contribution in [0.25, 0.3) is 23.3 Å². The third kappa shape index (κ3) is 2.24. The van der Waals surface area contributed by atoms with E-state index in [9.17, 15) is 0 Å². The Balaban J connectivity index is 1.93. The van der Waals surface area contributed by atoms with Crippen molar-refractivity contribution in [2.45, 2.75) is 6.92 Å². The summed E-state index contributed by atoms with van der Waals surface area (Å²) in [7, 11) is 0. The van der Waals surface area contributed by atoms with Crippen LogP contribution >= 0.6 is 0 Å². The van der Waals surface area contributed by atoms with E-state index in [1.807, 2.05) is 0 Å².